The van der Waals surface area contributed by atoms with Gasteiger partial charge in [-0.25, -0.2) is 4.79 Å². The fourth-order valence-corrected chi connectivity index (χ4v) is 2.47. The van der Waals surface area contributed by atoms with Gasteiger partial charge in [-0.2, -0.15) is 0 Å². The van der Waals surface area contributed by atoms with Gasteiger partial charge in [-0.05, 0) is 65.0 Å². The summed E-state index contributed by atoms with van der Waals surface area (Å²) in [6, 6.07) is 5.60. The molecule has 1 aliphatic heterocycles. The van der Waals surface area contributed by atoms with Crippen LogP contribution in [0.25, 0.3) is 0 Å². The van der Waals surface area contributed by atoms with Crippen LogP contribution < -0.4 is 10.2 Å². The van der Waals surface area contributed by atoms with E-state index >= 15 is 0 Å². The number of rotatable bonds is 3. The Bertz CT molecular complexity index is 606. The molecule has 0 aliphatic carbocycles. The fraction of sp³-hybridized carbons (Fsp3) is 0.529. The highest BCUT2D eigenvalue weighted by Crippen LogP contribution is 2.31. The summed E-state index contributed by atoms with van der Waals surface area (Å²) in [5.41, 5.74) is 2.13. The van der Waals surface area contributed by atoms with Crippen molar-refractivity contribution < 1.29 is 14.3 Å². The van der Waals surface area contributed by atoms with Crippen LogP contribution in [0.2, 0.25) is 0 Å². The van der Waals surface area contributed by atoms with E-state index in [4.69, 9.17) is 4.74 Å². The molecule has 2 amide bonds. The van der Waals surface area contributed by atoms with Crippen molar-refractivity contribution in [1.29, 1.82) is 0 Å². The summed E-state index contributed by atoms with van der Waals surface area (Å²) in [5, 5.41) is 2.87. The molecule has 0 saturated heterocycles. The summed E-state index contributed by atoms with van der Waals surface area (Å²) in [6.07, 6.45) is 0.423. The maximum Gasteiger partial charge on any atom is 0.414 e. The zero-order chi connectivity index (χ0) is 17.2. The van der Waals surface area contributed by atoms with E-state index in [2.05, 4.69) is 5.32 Å². The molecule has 0 spiro atoms. The molecule has 0 atom stereocenters. The van der Waals surface area contributed by atoms with Gasteiger partial charge in [0.05, 0.1) is 12.2 Å². The monoisotopic (exact) mass is 319 g/mol. The molecule has 0 unspecified atom stereocenters. The lowest BCUT2D eigenvalue weighted by Crippen LogP contribution is -2.35. The topological polar surface area (TPSA) is 61.9 Å². The number of anilines is 2. The quantitative estimate of drug-likeness (QED) is 0.930. The first kappa shape index (κ1) is 17.3. The van der Waals surface area contributed by atoms with Crippen molar-refractivity contribution in [2.45, 2.75) is 32.8 Å². The van der Waals surface area contributed by atoms with Gasteiger partial charge in [-0.15, -0.1) is 0 Å². The first-order valence-corrected chi connectivity index (χ1v) is 7.74. The Hall–Kier alpha value is -2.08. The number of likely N-dealkylation sites (N-methyl/N-ethyl adjacent to an activating group) is 1. The normalized spacial score (nSPS) is 13.9. The Balaban J connectivity index is 2.08. The molecule has 0 aromatic heterocycles. The summed E-state index contributed by atoms with van der Waals surface area (Å²) in [6.45, 7) is 6.49. The molecule has 1 heterocycles. The first-order chi connectivity index (χ1) is 10.7. The average Bonchev–Trinajstić information content (AvgIpc) is 2.78. The zero-order valence-electron chi connectivity index (χ0n) is 14.5. The largest absolute Gasteiger partial charge is 0.443 e. The predicted molar refractivity (Wildman–Crippen MR) is 90.9 cm³/mol. The zero-order valence-corrected chi connectivity index (χ0v) is 14.5. The Morgan fingerprint density at radius 2 is 2.00 bits per heavy atom. The summed E-state index contributed by atoms with van der Waals surface area (Å²) < 4.78 is 5.43. The maximum absolute atomic E-state index is 12.2. The fourth-order valence-electron chi connectivity index (χ4n) is 2.47. The van der Waals surface area contributed by atoms with E-state index in [1.165, 1.54) is 0 Å². The molecule has 0 fully saturated rings. The van der Waals surface area contributed by atoms with Gasteiger partial charge in [0.2, 0.25) is 5.91 Å². The van der Waals surface area contributed by atoms with Gasteiger partial charge in [-0.3, -0.25) is 9.69 Å². The van der Waals surface area contributed by atoms with Gasteiger partial charge < -0.3 is 15.0 Å². The lowest BCUT2D eigenvalue weighted by Gasteiger charge is -2.24. The highest BCUT2D eigenvalue weighted by atomic mass is 16.6. The Morgan fingerprint density at radius 3 is 2.61 bits per heavy atom. The van der Waals surface area contributed by atoms with E-state index < -0.39 is 5.60 Å². The molecule has 1 aliphatic rings. The molecule has 0 radical (unpaired) electrons. The number of carbonyl (C=O) groups excluding carboxylic acids is 2. The number of carbonyl (C=O) groups is 2. The maximum atomic E-state index is 12.2. The number of hydrogen-bond acceptors (Lipinski definition) is 4. The summed E-state index contributed by atoms with van der Waals surface area (Å²) in [5.74, 6) is -0.0584. The van der Waals surface area contributed by atoms with Crippen molar-refractivity contribution in [3.8, 4) is 0 Å². The van der Waals surface area contributed by atoms with Crippen LogP contribution in [0, 0.1) is 0 Å². The number of nitrogens with one attached hydrogen (secondary N) is 1. The number of hydrogen-bond donors (Lipinski definition) is 1. The molecule has 6 nitrogen and oxygen atoms in total. The second-order valence-corrected chi connectivity index (χ2v) is 7.01. The summed E-state index contributed by atoms with van der Waals surface area (Å²) in [4.78, 5) is 27.5. The van der Waals surface area contributed by atoms with E-state index in [1.54, 1.807) is 4.90 Å². The third-order valence-corrected chi connectivity index (χ3v) is 3.33. The van der Waals surface area contributed by atoms with Gasteiger partial charge >= 0.3 is 6.09 Å². The van der Waals surface area contributed by atoms with Crippen LogP contribution in [-0.4, -0.2) is 49.7 Å². The van der Waals surface area contributed by atoms with Crippen LogP contribution in [0.15, 0.2) is 18.2 Å². The second-order valence-electron chi connectivity index (χ2n) is 7.01. The lowest BCUT2D eigenvalue weighted by atomic mass is 10.1. The Labute approximate surface area is 137 Å². The summed E-state index contributed by atoms with van der Waals surface area (Å²) >= 11 is 0. The molecule has 1 aromatic carbocycles. The van der Waals surface area contributed by atoms with Crippen LogP contribution >= 0.6 is 0 Å². The lowest BCUT2D eigenvalue weighted by molar-refractivity contribution is -0.116. The van der Waals surface area contributed by atoms with Crippen molar-refractivity contribution >= 4 is 23.4 Å². The van der Waals surface area contributed by atoms with Crippen LogP contribution in [0.1, 0.15) is 26.3 Å². The van der Waals surface area contributed by atoms with E-state index in [0.717, 1.165) is 23.4 Å². The molecule has 0 bridgehead atoms. The van der Waals surface area contributed by atoms with Crippen molar-refractivity contribution in [2.24, 2.45) is 0 Å². The number of benzene rings is 1. The van der Waals surface area contributed by atoms with Crippen molar-refractivity contribution in [3.63, 3.8) is 0 Å². The SMILES string of the molecule is CN(C)CC(=O)Nc1ccc2c(c1)CCN2C(=O)OC(C)(C)C. The molecule has 1 aromatic rings. The smallest absolute Gasteiger partial charge is 0.414 e. The molecule has 6 heteroatoms. The van der Waals surface area contributed by atoms with Crippen LogP contribution in [0.5, 0.6) is 0 Å². The van der Waals surface area contributed by atoms with Gasteiger partial charge in [0.15, 0.2) is 0 Å². The third kappa shape index (κ3) is 4.69. The van der Waals surface area contributed by atoms with Crippen LogP contribution in [-0.2, 0) is 16.0 Å². The standard InChI is InChI=1S/C17H25N3O3/c1-17(2,3)23-16(22)20-9-8-12-10-13(6-7-14(12)20)18-15(21)11-19(4)5/h6-7,10H,8-9,11H2,1-5H3,(H,18,21). The van der Waals surface area contributed by atoms with Crippen molar-refractivity contribution in [3.05, 3.63) is 23.8 Å². The molecular weight excluding hydrogens is 294 g/mol. The third-order valence-electron chi connectivity index (χ3n) is 3.33. The molecule has 23 heavy (non-hydrogen) atoms. The minimum absolute atomic E-state index is 0.0584. The molecule has 0 saturated carbocycles. The first-order valence-electron chi connectivity index (χ1n) is 7.74. The average molecular weight is 319 g/mol. The Morgan fingerprint density at radius 1 is 1.30 bits per heavy atom. The Kier molecular flexibility index (Phi) is 4.94. The molecule has 126 valence electrons. The molecular formula is C17H25N3O3. The van der Waals surface area contributed by atoms with Gasteiger partial charge in [0.25, 0.3) is 0 Å². The van der Waals surface area contributed by atoms with Crippen LogP contribution in [0.4, 0.5) is 16.2 Å². The number of ether oxygens (including phenoxy) is 1. The highest BCUT2D eigenvalue weighted by molar-refractivity contribution is 5.94. The highest BCUT2D eigenvalue weighted by Gasteiger charge is 2.29. The van der Waals surface area contributed by atoms with E-state index in [0.29, 0.717) is 13.1 Å². The van der Waals surface area contributed by atoms with Gasteiger partial charge in [0.1, 0.15) is 5.60 Å². The van der Waals surface area contributed by atoms with Gasteiger partial charge in [-0.1, -0.05) is 0 Å². The number of nitrogens with zero attached hydrogens (tertiary/aromatic N) is 2. The minimum Gasteiger partial charge on any atom is -0.443 e. The van der Waals surface area contributed by atoms with E-state index in [1.807, 2.05) is 58.0 Å². The van der Waals surface area contributed by atoms with Crippen molar-refractivity contribution in [1.82, 2.24) is 4.90 Å². The van der Waals surface area contributed by atoms with E-state index in [9.17, 15) is 9.59 Å². The van der Waals surface area contributed by atoms with Crippen molar-refractivity contribution in [2.75, 3.05) is 37.4 Å². The van der Waals surface area contributed by atoms with Gasteiger partial charge in [0, 0.05) is 12.2 Å². The second kappa shape index (κ2) is 6.58. The molecule has 1 N–H and O–H groups in total. The number of fused-ring (bicyclic) bond motifs is 1. The predicted octanol–water partition coefficient (Wildman–Crippen LogP) is 2.48. The van der Waals surface area contributed by atoms with E-state index in [-0.39, 0.29) is 12.0 Å². The number of amides is 2. The van der Waals surface area contributed by atoms with Crippen LogP contribution in [0.3, 0.4) is 0 Å². The molecule has 2 rings (SSSR count). The minimum atomic E-state index is -0.514. The summed E-state index contributed by atoms with van der Waals surface area (Å²) in [7, 11) is 3.70.